The van der Waals surface area contributed by atoms with Gasteiger partial charge in [-0.2, -0.15) is 13.2 Å². The normalized spacial score (nSPS) is 30.8. The van der Waals surface area contributed by atoms with Crippen LogP contribution < -0.4 is 5.32 Å². The molecule has 1 fully saturated rings. The van der Waals surface area contributed by atoms with Crippen LogP contribution in [0, 0.1) is 5.92 Å². The number of alkyl halides is 3. The van der Waals surface area contributed by atoms with Gasteiger partial charge < -0.3 is 10.2 Å². The molecule has 0 spiro atoms. The molecule has 1 aliphatic carbocycles. The molecule has 5 heteroatoms. The Morgan fingerprint density at radius 3 is 2.00 bits per heavy atom. The van der Waals surface area contributed by atoms with E-state index in [2.05, 4.69) is 5.32 Å². The average molecular weight is 266 g/mol. The van der Waals surface area contributed by atoms with Gasteiger partial charge in [0.25, 0.3) is 0 Å². The van der Waals surface area contributed by atoms with Crippen molar-refractivity contribution in [3.8, 4) is 0 Å². The Morgan fingerprint density at radius 2 is 1.61 bits per heavy atom. The summed E-state index contributed by atoms with van der Waals surface area (Å²) in [6.07, 6.45) is -3.03. The quantitative estimate of drug-likeness (QED) is 0.826. The molecule has 0 heterocycles. The summed E-state index contributed by atoms with van der Waals surface area (Å²) in [5.41, 5.74) is -0.160. The Kier molecular flexibility index (Phi) is 4.70. The summed E-state index contributed by atoms with van der Waals surface area (Å²) in [4.78, 5) is 2.04. The molecule has 18 heavy (non-hydrogen) atoms. The third-order valence-corrected chi connectivity index (χ3v) is 3.56. The van der Waals surface area contributed by atoms with E-state index in [1.165, 1.54) is 0 Å². The van der Waals surface area contributed by atoms with E-state index < -0.39 is 12.1 Å². The number of rotatable bonds is 2. The number of hydrogen-bond acceptors (Lipinski definition) is 2. The maximum Gasteiger partial charge on any atom is 0.391 e. The fourth-order valence-corrected chi connectivity index (χ4v) is 2.78. The fraction of sp³-hybridized carbons (Fsp3) is 1.00. The van der Waals surface area contributed by atoms with Crippen molar-refractivity contribution in [3.05, 3.63) is 0 Å². The van der Waals surface area contributed by atoms with E-state index in [9.17, 15) is 13.2 Å². The molecule has 0 amide bonds. The minimum absolute atomic E-state index is 0.0969. The maximum atomic E-state index is 12.8. The lowest BCUT2D eigenvalue weighted by Gasteiger charge is -2.43. The first-order chi connectivity index (χ1) is 8.00. The van der Waals surface area contributed by atoms with Gasteiger partial charge in [0, 0.05) is 17.6 Å². The van der Waals surface area contributed by atoms with Crippen LogP contribution in [0.3, 0.4) is 0 Å². The first-order valence-corrected chi connectivity index (χ1v) is 6.51. The second-order valence-electron chi connectivity index (χ2n) is 6.58. The van der Waals surface area contributed by atoms with Gasteiger partial charge in [-0.15, -0.1) is 0 Å². The van der Waals surface area contributed by atoms with Gasteiger partial charge in [-0.1, -0.05) is 0 Å². The lowest BCUT2D eigenvalue weighted by Crippen LogP contribution is -2.57. The average Bonchev–Trinajstić information content (AvgIpc) is 2.12. The Labute approximate surface area is 108 Å². The molecule has 0 radical (unpaired) electrons. The summed E-state index contributed by atoms with van der Waals surface area (Å²) in [5, 5.41) is 3.35. The summed E-state index contributed by atoms with van der Waals surface area (Å²) >= 11 is 0. The third kappa shape index (κ3) is 4.43. The van der Waals surface area contributed by atoms with Crippen molar-refractivity contribution >= 4 is 0 Å². The van der Waals surface area contributed by atoms with Crippen LogP contribution in [0.2, 0.25) is 0 Å². The fourth-order valence-electron chi connectivity index (χ4n) is 2.78. The van der Waals surface area contributed by atoms with Crippen LogP contribution in [0.1, 0.15) is 40.0 Å². The molecule has 0 bridgehead atoms. The molecular formula is C13H25F3N2. The summed E-state index contributed by atoms with van der Waals surface area (Å²) in [7, 11) is 3.88. The van der Waals surface area contributed by atoms with E-state index in [0.717, 1.165) is 0 Å². The van der Waals surface area contributed by atoms with Crippen molar-refractivity contribution in [2.75, 3.05) is 14.1 Å². The number of nitrogens with one attached hydrogen (secondary N) is 1. The molecule has 0 aromatic carbocycles. The summed E-state index contributed by atoms with van der Waals surface area (Å²) in [5.74, 6) is -1.16. The number of hydrogen-bond donors (Lipinski definition) is 1. The lowest BCUT2D eigenvalue weighted by molar-refractivity contribution is -0.187. The summed E-state index contributed by atoms with van der Waals surface area (Å²) in [6.45, 7) is 5.99. The number of halogens is 3. The van der Waals surface area contributed by atoms with Gasteiger partial charge in [0.15, 0.2) is 0 Å². The zero-order valence-corrected chi connectivity index (χ0v) is 11.9. The predicted molar refractivity (Wildman–Crippen MR) is 67.5 cm³/mol. The third-order valence-electron chi connectivity index (χ3n) is 3.56. The Hall–Kier alpha value is -0.290. The summed E-state index contributed by atoms with van der Waals surface area (Å²) in [6, 6.07) is 0.0863. The molecule has 1 aliphatic rings. The van der Waals surface area contributed by atoms with E-state index in [0.29, 0.717) is 6.42 Å². The summed E-state index contributed by atoms with van der Waals surface area (Å²) < 4.78 is 38.5. The lowest BCUT2D eigenvalue weighted by atomic mass is 9.80. The van der Waals surface area contributed by atoms with Crippen LogP contribution >= 0.6 is 0 Å². The molecule has 108 valence electrons. The van der Waals surface area contributed by atoms with Crippen LogP contribution in [0.4, 0.5) is 13.2 Å². The van der Waals surface area contributed by atoms with Crippen molar-refractivity contribution < 1.29 is 13.2 Å². The molecule has 0 aromatic heterocycles. The van der Waals surface area contributed by atoms with Crippen molar-refractivity contribution in [3.63, 3.8) is 0 Å². The maximum absolute atomic E-state index is 12.8. The van der Waals surface area contributed by atoms with Crippen LogP contribution in [0.25, 0.3) is 0 Å². The SMILES string of the molecule is CN(C)[C@@H]1CC[C@H](C(F)(F)F)C[C@H]1NC(C)(C)C. The Bertz CT molecular complexity index is 268. The van der Waals surface area contributed by atoms with Crippen molar-refractivity contribution in [2.45, 2.75) is 63.8 Å². The van der Waals surface area contributed by atoms with Crippen molar-refractivity contribution in [1.29, 1.82) is 0 Å². The molecule has 1 N–H and O–H groups in total. The van der Waals surface area contributed by atoms with E-state index in [1.54, 1.807) is 0 Å². The van der Waals surface area contributed by atoms with E-state index in [1.807, 2.05) is 39.8 Å². The second-order valence-corrected chi connectivity index (χ2v) is 6.58. The highest BCUT2D eigenvalue weighted by Crippen LogP contribution is 2.39. The molecular weight excluding hydrogens is 241 g/mol. The first kappa shape index (κ1) is 15.8. The van der Waals surface area contributed by atoms with Gasteiger partial charge in [0.05, 0.1) is 5.92 Å². The van der Waals surface area contributed by atoms with E-state index >= 15 is 0 Å². The molecule has 1 rings (SSSR count). The monoisotopic (exact) mass is 266 g/mol. The van der Waals surface area contributed by atoms with E-state index in [-0.39, 0.29) is 30.5 Å². The minimum Gasteiger partial charge on any atom is -0.308 e. The van der Waals surface area contributed by atoms with E-state index in [4.69, 9.17) is 0 Å². The largest absolute Gasteiger partial charge is 0.391 e. The molecule has 0 saturated heterocycles. The Balaban J connectivity index is 2.77. The van der Waals surface area contributed by atoms with Gasteiger partial charge in [-0.3, -0.25) is 0 Å². The molecule has 0 aromatic rings. The zero-order chi connectivity index (χ0) is 14.1. The molecule has 3 atom stereocenters. The topological polar surface area (TPSA) is 15.3 Å². The standard InChI is InChI=1S/C13H25F3N2/c1-12(2,3)17-10-8-9(13(14,15)16)6-7-11(10)18(4)5/h9-11,17H,6-8H2,1-5H3/t9-,10+,11+/m0/s1. The van der Waals surface area contributed by atoms with Crippen LogP contribution in [-0.2, 0) is 0 Å². The molecule has 2 nitrogen and oxygen atoms in total. The van der Waals surface area contributed by atoms with Crippen LogP contribution in [0.15, 0.2) is 0 Å². The van der Waals surface area contributed by atoms with Gasteiger partial charge in [-0.25, -0.2) is 0 Å². The molecule has 0 aliphatic heterocycles. The van der Waals surface area contributed by atoms with Gasteiger partial charge in [0.2, 0.25) is 0 Å². The smallest absolute Gasteiger partial charge is 0.308 e. The highest BCUT2D eigenvalue weighted by molar-refractivity contribution is 4.94. The zero-order valence-electron chi connectivity index (χ0n) is 11.9. The van der Waals surface area contributed by atoms with Crippen molar-refractivity contribution in [2.24, 2.45) is 5.92 Å². The van der Waals surface area contributed by atoms with Crippen molar-refractivity contribution in [1.82, 2.24) is 10.2 Å². The van der Waals surface area contributed by atoms with Crippen LogP contribution in [0.5, 0.6) is 0 Å². The molecule has 0 unspecified atom stereocenters. The second kappa shape index (κ2) is 5.37. The highest BCUT2D eigenvalue weighted by Gasteiger charge is 2.45. The van der Waals surface area contributed by atoms with Gasteiger partial charge in [0.1, 0.15) is 0 Å². The predicted octanol–water partition coefficient (Wildman–Crippen LogP) is 3.04. The number of nitrogens with zero attached hydrogens (tertiary/aromatic N) is 1. The first-order valence-electron chi connectivity index (χ1n) is 6.51. The number of likely N-dealkylation sites (N-methyl/N-ethyl adjacent to an activating group) is 1. The minimum atomic E-state index is -4.06. The molecule has 1 saturated carbocycles. The van der Waals surface area contributed by atoms with Gasteiger partial charge >= 0.3 is 6.18 Å². The highest BCUT2D eigenvalue weighted by atomic mass is 19.4. The van der Waals surface area contributed by atoms with Crippen LogP contribution in [-0.4, -0.2) is 42.8 Å². The van der Waals surface area contributed by atoms with Gasteiger partial charge in [-0.05, 0) is 54.1 Å². The Morgan fingerprint density at radius 1 is 1.06 bits per heavy atom.